The Morgan fingerprint density at radius 1 is 0.764 bits per heavy atom. The summed E-state index contributed by atoms with van der Waals surface area (Å²) in [4.78, 5) is 12.3. The van der Waals surface area contributed by atoms with Gasteiger partial charge in [0.15, 0.2) is 31.9 Å². The Kier molecular flexibility index (Phi) is 21.6. The standard InChI is InChI=1S/C36H56N2O2.C2F6NO4S2/c1-6-7-8-17-25-34-26-18-20-28-38(34)27-19-15-13-11-9-10-12-14-16-21-29-40-35(39)37-36(4,5)33-24-22-23-32(30-33)31(2)3;3-1(4,5)14(10,11)9-15(12,13)2(6,7)8/h18,20,22-24,26,28,30H,2,6-17,19,21,25,27,29H2,1,3-5H3;/q;-1/p+1. The van der Waals surface area contributed by atoms with Crippen LogP contribution in [0.2, 0.25) is 0 Å². The topological polar surface area (TPSA) is 125 Å². The number of carbonyl (C=O) groups is 1. The average Bonchev–Trinajstić information content (AvgIpc) is 3.08. The van der Waals surface area contributed by atoms with Crippen molar-refractivity contribution in [2.45, 2.75) is 147 Å². The van der Waals surface area contributed by atoms with Gasteiger partial charge in [0, 0.05) is 25.0 Å². The van der Waals surface area contributed by atoms with Crippen molar-refractivity contribution in [3.8, 4) is 0 Å². The lowest BCUT2D eigenvalue weighted by atomic mass is 9.92. The molecule has 0 saturated carbocycles. The van der Waals surface area contributed by atoms with Gasteiger partial charge in [-0.15, -0.1) is 0 Å². The van der Waals surface area contributed by atoms with Gasteiger partial charge in [-0.25, -0.2) is 26.2 Å². The second kappa shape index (κ2) is 23.8. The summed E-state index contributed by atoms with van der Waals surface area (Å²) in [5.74, 6) is 0. The van der Waals surface area contributed by atoms with Gasteiger partial charge in [-0.05, 0) is 57.2 Å². The number of aromatic nitrogens is 1. The van der Waals surface area contributed by atoms with E-state index in [4.69, 9.17) is 4.74 Å². The van der Waals surface area contributed by atoms with E-state index in [1.807, 2.05) is 39.0 Å². The van der Waals surface area contributed by atoms with Crippen LogP contribution in [-0.4, -0.2) is 40.6 Å². The van der Waals surface area contributed by atoms with Crippen molar-refractivity contribution in [2.75, 3.05) is 6.61 Å². The van der Waals surface area contributed by atoms with Crippen molar-refractivity contribution in [2.24, 2.45) is 0 Å². The van der Waals surface area contributed by atoms with Crippen LogP contribution in [0.25, 0.3) is 9.70 Å². The van der Waals surface area contributed by atoms with Gasteiger partial charge in [-0.1, -0.05) is 108 Å². The molecular formula is C38H57F6N3O6S2. The van der Waals surface area contributed by atoms with Crippen molar-refractivity contribution in [1.29, 1.82) is 0 Å². The summed E-state index contributed by atoms with van der Waals surface area (Å²) in [6, 6.07) is 14.8. The molecule has 2 rings (SSSR count). The number of rotatable bonds is 23. The molecule has 0 aliphatic rings. The molecule has 1 amide bonds. The fraction of sp³-hybridized carbons (Fsp3) is 0.632. The van der Waals surface area contributed by atoms with Crippen LogP contribution in [0.4, 0.5) is 31.1 Å². The zero-order chi connectivity index (χ0) is 41.8. The summed E-state index contributed by atoms with van der Waals surface area (Å²) < 4.78 is 117. The number of nitrogens with one attached hydrogen (secondary N) is 1. The SMILES string of the molecule is C=C(C)c1cccc(C(C)(C)NC(=O)OCCCCCCCCCCCC[n+]2ccccc2CCCCCC)c1.O=S(=O)([N-]S(=O)(=O)C(F)(F)F)C(F)(F)F. The number of alkyl halides is 6. The molecule has 0 spiro atoms. The molecule has 55 heavy (non-hydrogen) atoms. The number of alkyl carbamates (subject to hydrolysis) is 1. The normalized spacial score (nSPS) is 12.5. The molecule has 0 radical (unpaired) electrons. The predicted molar refractivity (Wildman–Crippen MR) is 203 cm³/mol. The third kappa shape index (κ3) is 19.5. The van der Waals surface area contributed by atoms with E-state index in [0.717, 1.165) is 40.2 Å². The molecule has 0 atom stereocenters. The van der Waals surface area contributed by atoms with Crippen LogP contribution in [0.15, 0.2) is 55.2 Å². The number of hydrogen-bond donors (Lipinski definition) is 1. The Balaban J connectivity index is 0.000000848. The van der Waals surface area contributed by atoms with Crippen LogP contribution in [0.1, 0.15) is 134 Å². The molecule has 0 aliphatic heterocycles. The number of pyridine rings is 1. The molecule has 0 bridgehead atoms. The van der Waals surface area contributed by atoms with Gasteiger partial charge in [0.2, 0.25) is 0 Å². The van der Waals surface area contributed by atoms with E-state index in [-0.39, 0.29) is 6.09 Å². The highest BCUT2D eigenvalue weighted by atomic mass is 32.3. The molecule has 314 valence electrons. The van der Waals surface area contributed by atoms with Crippen LogP contribution < -0.4 is 9.88 Å². The molecule has 1 N–H and O–H groups in total. The summed E-state index contributed by atoms with van der Waals surface area (Å²) in [6.45, 7) is 13.9. The van der Waals surface area contributed by atoms with Crippen LogP contribution in [0.5, 0.6) is 0 Å². The van der Waals surface area contributed by atoms with Crippen LogP contribution in [0.3, 0.4) is 0 Å². The molecule has 1 aromatic heterocycles. The Morgan fingerprint density at radius 2 is 1.29 bits per heavy atom. The maximum Gasteiger partial charge on any atom is 0.480 e. The van der Waals surface area contributed by atoms with E-state index in [2.05, 4.69) is 53.8 Å². The predicted octanol–water partition coefficient (Wildman–Crippen LogP) is 10.8. The number of halogens is 6. The quantitative estimate of drug-likeness (QED) is 0.0675. The summed E-state index contributed by atoms with van der Waals surface area (Å²) >= 11 is 0. The molecule has 2 aromatic rings. The molecule has 1 aromatic carbocycles. The maximum atomic E-state index is 12.3. The highest BCUT2D eigenvalue weighted by Gasteiger charge is 2.47. The van der Waals surface area contributed by atoms with Crippen molar-refractivity contribution in [3.05, 3.63) is 76.2 Å². The van der Waals surface area contributed by atoms with Gasteiger partial charge in [-0.3, -0.25) is 0 Å². The minimum absolute atomic E-state index is 0.348. The van der Waals surface area contributed by atoms with Crippen molar-refractivity contribution >= 4 is 31.7 Å². The van der Waals surface area contributed by atoms with Gasteiger partial charge >= 0.3 is 17.1 Å². The van der Waals surface area contributed by atoms with Crippen LogP contribution in [0, 0.1) is 0 Å². The summed E-state index contributed by atoms with van der Waals surface area (Å²) in [6.07, 6.45) is 20.9. The number of aryl methyl sites for hydroxylation is 2. The van der Waals surface area contributed by atoms with E-state index in [9.17, 15) is 48.0 Å². The lowest BCUT2D eigenvalue weighted by Crippen LogP contribution is -2.41. The van der Waals surface area contributed by atoms with Crippen molar-refractivity contribution in [3.63, 3.8) is 0 Å². The summed E-state index contributed by atoms with van der Waals surface area (Å²) in [5.41, 5.74) is -8.26. The number of carbonyl (C=O) groups excluding carboxylic acids is 1. The molecule has 1 heterocycles. The number of benzene rings is 1. The van der Waals surface area contributed by atoms with Crippen molar-refractivity contribution in [1.82, 2.24) is 5.32 Å². The number of amides is 1. The molecule has 9 nitrogen and oxygen atoms in total. The highest BCUT2D eigenvalue weighted by Crippen LogP contribution is 2.36. The largest absolute Gasteiger partial charge is 0.480 e. The Bertz CT molecular complexity index is 1640. The molecule has 0 fully saturated rings. The first kappa shape index (κ1) is 49.8. The second-order valence-electron chi connectivity index (χ2n) is 13.9. The second-order valence-corrected chi connectivity index (χ2v) is 17.3. The van der Waals surface area contributed by atoms with Crippen LogP contribution in [-0.2, 0) is 43.3 Å². The van der Waals surface area contributed by atoms with Gasteiger partial charge in [0.25, 0.3) is 0 Å². The third-order valence-electron chi connectivity index (χ3n) is 8.62. The fourth-order valence-electron chi connectivity index (χ4n) is 5.40. The molecule has 0 unspecified atom stereocenters. The zero-order valence-electron chi connectivity index (χ0n) is 32.3. The minimum atomic E-state index is -6.72. The Hall–Kier alpha value is -3.18. The molecular weight excluding hydrogens is 773 g/mol. The number of hydrogen-bond acceptors (Lipinski definition) is 6. The van der Waals surface area contributed by atoms with E-state index >= 15 is 0 Å². The molecule has 0 saturated heterocycles. The number of sulfonamides is 2. The maximum absolute atomic E-state index is 12.3. The molecule has 17 heteroatoms. The van der Waals surface area contributed by atoms with E-state index < -0.39 is 36.6 Å². The summed E-state index contributed by atoms with van der Waals surface area (Å²) in [7, 11) is -13.4. The monoisotopic (exact) mass is 829 g/mol. The smallest absolute Gasteiger partial charge is 0.450 e. The number of ether oxygens (including phenoxy) is 1. The number of unbranched alkanes of at least 4 members (excludes halogenated alkanes) is 12. The van der Waals surface area contributed by atoms with Gasteiger partial charge < -0.3 is 14.2 Å². The summed E-state index contributed by atoms with van der Waals surface area (Å²) in [5, 5.41) is 3.01. The Morgan fingerprint density at radius 3 is 1.82 bits per heavy atom. The van der Waals surface area contributed by atoms with Crippen LogP contribution >= 0.6 is 0 Å². The lowest BCUT2D eigenvalue weighted by Gasteiger charge is -2.27. The lowest BCUT2D eigenvalue weighted by molar-refractivity contribution is -0.704. The van der Waals surface area contributed by atoms with E-state index in [0.29, 0.717) is 6.61 Å². The fourth-order valence-corrected chi connectivity index (χ4v) is 7.11. The van der Waals surface area contributed by atoms with Crippen molar-refractivity contribution < 1.29 is 57.3 Å². The Labute approximate surface area is 323 Å². The number of allylic oxidation sites excluding steroid dienone is 1. The average molecular weight is 830 g/mol. The number of nitrogens with zero attached hydrogens (tertiary/aromatic N) is 2. The first-order valence-electron chi connectivity index (χ1n) is 18.6. The molecule has 0 aliphatic carbocycles. The van der Waals surface area contributed by atoms with Gasteiger partial charge in [0.1, 0.15) is 6.54 Å². The van der Waals surface area contributed by atoms with E-state index in [1.165, 1.54) is 89.2 Å². The third-order valence-corrected chi connectivity index (χ3v) is 11.4. The highest BCUT2D eigenvalue weighted by molar-refractivity contribution is 8.13. The zero-order valence-corrected chi connectivity index (χ0v) is 33.9. The van der Waals surface area contributed by atoms with Gasteiger partial charge in [0.05, 0.1) is 12.1 Å². The first-order valence-corrected chi connectivity index (χ1v) is 21.5. The minimum Gasteiger partial charge on any atom is -0.450 e. The first-order chi connectivity index (χ1) is 25.5. The van der Waals surface area contributed by atoms with E-state index in [1.54, 1.807) is 0 Å². The van der Waals surface area contributed by atoms with Gasteiger partial charge in [-0.2, -0.15) is 26.3 Å².